The van der Waals surface area contributed by atoms with Crippen molar-refractivity contribution in [2.45, 2.75) is 25.8 Å². The number of carboxylic acid groups (broad SMARTS) is 1. The standard InChI is InChI=1S/C15H17N3O2/c1-2-17(11-6-7-11)15-12(8-9-14(19)20)18-10-4-3-5-13(18)16-15/h3-5,8-11H,2,6-7H2,1H3,(H,19,20)/b9-8+. The van der Waals surface area contributed by atoms with Crippen molar-refractivity contribution in [3.05, 3.63) is 36.2 Å². The van der Waals surface area contributed by atoms with Gasteiger partial charge < -0.3 is 10.0 Å². The van der Waals surface area contributed by atoms with Crippen LogP contribution in [0, 0.1) is 0 Å². The molecule has 3 rings (SSSR count). The number of carbonyl (C=O) groups is 1. The number of carboxylic acids is 1. The van der Waals surface area contributed by atoms with E-state index in [1.54, 1.807) is 6.08 Å². The molecule has 1 saturated carbocycles. The smallest absolute Gasteiger partial charge is 0.328 e. The number of imidazole rings is 1. The molecule has 1 N–H and O–H groups in total. The molecule has 1 aliphatic carbocycles. The molecule has 2 aromatic rings. The van der Waals surface area contributed by atoms with E-state index >= 15 is 0 Å². The van der Waals surface area contributed by atoms with Crippen molar-refractivity contribution >= 4 is 23.5 Å². The van der Waals surface area contributed by atoms with Gasteiger partial charge in [0, 0.05) is 24.9 Å². The third-order valence-corrected chi connectivity index (χ3v) is 3.53. The van der Waals surface area contributed by atoms with Crippen molar-refractivity contribution in [2.75, 3.05) is 11.4 Å². The van der Waals surface area contributed by atoms with E-state index in [0.717, 1.165) is 23.7 Å². The number of pyridine rings is 1. The molecule has 0 aromatic carbocycles. The molecule has 0 aliphatic heterocycles. The Balaban J connectivity index is 2.13. The van der Waals surface area contributed by atoms with Crippen LogP contribution in [0.25, 0.3) is 11.7 Å². The van der Waals surface area contributed by atoms with Gasteiger partial charge >= 0.3 is 5.97 Å². The van der Waals surface area contributed by atoms with Crippen molar-refractivity contribution < 1.29 is 9.90 Å². The van der Waals surface area contributed by atoms with Crippen molar-refractivity contribution in [2.24, 2.45) is 0 Å². The van der Waals surface area contributed by atoms with Crippen molar-refractivity contribution in [3.63, 3.8) is 0 Å². The third kappa shape index (κ3) is 2.27. The van der Waals surface area contributed by atoms with E-state index in [1.807, 2.05) is 28.8 Å². The largest absolute Gasteiger partial charge is 0.478 e. The molecule has 5 nitrogen and oxygen atoms in total. The number of nitrogens with zero attached hydrogens (tertiary/aromatic N) is 3. The van der Waals surface area contributed by atoms with Crippen LogP contribution in [0.4, 0.5) is 5.82 Å². The predicted molar refractivity (Wildman–Crippen MR) is 77.9 cm³/mol. The predicted octanol–water partition coefficient (Wildman–Crippen LogP) is 2.42. The molecule has 5 heteroatoms. The molecule has 1 fully saturated rings. The summed E-state index contributed by atoms with van der Waals surface area (Å²) in [6, 6.07) is 6.33. The van der Waals surface area contributed by atoms with Gasteiger partial charge in [0.25, 0.3) is 0 Å². The highest BCUT2D eigenvalue weighted by molar-refractivity contribution is 5.86. The molecule has 104 valence electrons. The second kappa shape index (κ2) is 5.00. The summed E-state index contributed by atoms with van der Waals surface area (Å²) in [5.41, 5.74) is 1.67. The highest BCUT2D eigenvalue weighted by Crippen LogP contribution is 2.33. The Morgan fingerprint density at radius 2 is 2.35 bits per heavy atom. The SMILES string of the molecule is CCN(c1nc2ccccn2c1/C=C/C(=O)O)C1CC1. The first-order valence-electron chi connectivity index (χ1n) is 6.85. The van der Waals surface area contributed by atoms with E-state index < -0.39 is 5.97 Å². The average molecular weight is 271 g/mol. The first-order chi connectivity index (χ1) is 9.70. The Morgan fingerprint density at radius 1 is 1.55 bits per heavy atom. The highest BCUT2D eigenvalue weighted by Gasteiger charge is 2.31. The zero-order chi connectivity index (χ0) is 14.1. The van der Waals surface area contributed by atoms with Gasteiger partial charge in [0.05, 0.1) is 5.69 Å². The summed E-state index contributed by atoms with van der Waals surface area (Å²) in [6.07, 6.45) is 7.07. The van der Waals surface area contributed by atoms with Gasteiger partial charge in [-0.25, -0.2) is 9.78 Å². The van der Waals surface area contributed by atoms with Crippen LogP contribution < -0.4 is 4.90 Å². The van der Waals surface area contributed by atoms with Gasteiger partial charge in [-0.3, -0.25) is 4.40 Å². The normalized spacial score (nSPS) is 15.1. The maximum absolute atomic E-state index is 10.8. The number of aromatic nitrogens is 2. The fourth-order valence-corrected chi connectivity index (χ4v) is 2.49. The van der Waals surface area contributed by atoms with E-state index in [4.69, 9.17) is 5.11 Å². The maximum atomic E-state index is 10.8. The topological polar surface area (TPSA) is 57.8 Å². The Labute approximate surface area is 117 Å². The molecular formula is C15H17N3O2. The quantitative estimate of drug-likeness (QED) is 0.848. The van der Waals surface area contributed by atoms with E-state index in [0.29, 0.717) is 6.04 Å². The summed E-state index contributed by atoms with van der Waals surface area (Å²) in [5.74, 6) is -0.0741. The van der Waals surface area contributed by atoms with Crippen LogP contribution in [0.15, 0.2) is 30.5 Å². The zero-order valence-electron chi connectivity index (χ0n) is 11.4. The number of rotatable bonds is 5. The van der Waals surface area contributed by atoms with Gasteiger partial charge in [-0.15, -0.1) is 0 Å². The summed E-state index contributed by atoms with van der Waals surface area (Å²) in [5, 5.41) is 8.86. The summed E-state index contributed by atoms with van der Waals surface area (Å²) >= 11 is 0. The van der Waals surface area contributed by atoms with Gasteiger partial charge in [-0.1, -0.05) is 6.07 Å². The highest BCUT2D eigenvalue weighted by atomic mass is 16.4. The van der Waals surface area contributed by atoms with E-state index in [-0.39, 0.29) is 0 Å². The first kappa shape index (κ1) is 12.7. The van der Waals surface area contributed by atoms with Crippen LogP contribution in [0.2, 0.25) is 0 Å². The van der Waals surface area contributed by atoms with Crippen LogP contribution in [0.1, 0.15) is 25.5 Å². The molecule has 0 radical (unpaired) electrons. The lowest BCUT2D eigenvalue weighted by atomic mass is 10.3. The zero-order valence-corrected chi connectivity index (χ0v) is 11.4. The molecule has 20 heavy (non-hydrogen) atoms. The Morgan fingerprint density at radius 3 is 3.00 bits per heavy atom. The van der Waals surface area contributed by atoms with Crippen LogP contribution >= 0.6 is 0 Å². The second-order valence-electron chi connectivity index (χ2n) is 4.94. The number of fused-ring (bicyclic) bond motifs is 1. The number of anilines is 1. The Hall–Kier alpha value is -2.30. The lowest BCUT2D eigenvalue weighted by Gasteiger charge is -2.20. The van der Waals surface area contributed by atoms with Crippen LogP contribution in [-0.2, 0) is 4.79 Å². The van der Waals surface area contributed by atoms with E-state index in [9.17, 15) is 4.79 Å². The maximum Gasteiger partial charge on any atom is 0.328 e. The van der Waals surface area contributed by atoms with Crippen LogP contribution in [0.3, 0.4) is 0 Å². The lowest BCUT2D eigenvalue weighted by Crippen LogP contribution is -2.26. The minimum atomic E-state index is -0.948. The lowest BCUT2D eigenvalue weighted by molar-refractivity contribution is -0.131. The van der Waals surface area contributed by atoms with Gasteiger partial charge in [-0.2, -0.15) is 0 Å². The first-order valence-corrected chi connectivity index (χ1v) is 6.85. The molecule has 0 unspecified atom stereocenters. The summed E-state index contributed by atoms with van der Waals surface area (Å²) < 4.78 is 1.93. The van der Waals surface area contributed by atoms with E-state index in [1.165, 1.54) is 18.9 Å². The molecule has 0 spiro atoms. The number of hydrogen-bond acceptors (Lipinski definition) is 3. The monoisotopic (exact) mass is 271 g/mol. The fraction of sp³-hybridized carbons (Fsp3) is 0.333. The third-order valence-electron chi connectivity index (χ3n) is 3.53. The number of hydrogen-bond donors (Lipinski definition) is 1. The molecule has 2 heterocycles. The Kier molecular flexibility index (Phi) is 3.18. The van der Waals surface area contributed by atoms with Crippen molar-refractivity contribution in [1.29, 1.82) is 0 Å². The molecule has 0 saturated heterocycles. The summed E-state index contributed by atoms with van der Waals surface area (Å²) in [7, 11) is 0. The van der Waals surface area contributed by atoms with Crippen molar-refractivity contribution in [3.8, 4) is 0 Å². The fourth-order valence-electron chi connectivity index (χ4n) is 2.49. The molecule has 0 amide bonds. The molecular weight excluding hydrogens is 254 g/mol. The van der Waals surface area contributed by atoms with Gasteiger partial charge in [0.15, 0.2) is 5.82 Å². The minimum absolute atomic E-state index is 0.543. The molecule has 0 bridgehead atoms. The van der Waals surface area contributed by atoms with Crippen molar-refractivity contribution in [1.82, 2.24) is 9.38 Å². The van der Waals surface area contributed by atoms with Crippen LogP contribution in [-0.4, -0.2) is 33.0 Å². The van der Waals surface area contributed by atoms with Gasteiger partial charge in [0.1, 0.15) is 5.65 Å². The number of aliphatic carboxylic acids is 1. The second-order valence-corrected chi connectivity index (χ2v) is 4.94. The molecule has 1 aliphatic rings. The Bertz CT molecular complexity index is 671. The average Bonchev–Trinajstić information content (AvgIpc) is 3.19. The summed E-state index contributed by atoms with van der Waals surface area (Å²) in [6.45, 7) is 2.98. The minimum Gasteiger partial charge on any atom is -0.478 e. The van der Waals surface area contributed by atoms with Gasteiger partial charge in [0.2, 0.25) is 0 Å². The molecule has 0 atom stereocenters. The summed E-state index contributed by atoms with van der Waals surface area (Å²) in [4.78, 5) is 17.7. The van der Waals surface area contributed by atoms with Gasteiger partial charge in [-0.05, 0) is 38.0 Å². The molecule has 2 aromatic heterocycles. The van der Waals surface area contributed by atoms with Crippen LogP contribution in [0.5, 0.6) is 0 Å². The van der Waals surface area contributed by atoms with E-state index in [2.05, 4.69) is 16.8 Å².